The number of piperazine rings is 1. The molecule has 8 heteroatoms. The maximum Gasteiger partial charge on any atom is 0.173 e. The van der Waals surface area contributed by atoms with Gasteiger partial charge in [0, 0.05) is 39.3 Å². The Labute approximate surface area is 164 Å². The van der Waals surface area contributed by atoms with E-state index in [0.29, 0.717) is 6.54 Å². The average molecular weight is 386 g/mol. The lowest BCUT2D eigenvalue weighted by Crippen LogP contribution is -2.48. The SMILES string of the molecule is C=CCN1CCN([C@@H](c2ccc(F)cc2)c2nnnn2C[C@@H]2CCCO2)CC1. The molecule has 0 saturated carbocycles. The van der Waals surface area contributed by atoms with Crippen molar-refractivity contribution in [1.82, 2.24) is 30.0 Å². The van der Waals surface area contributed by atoms with Gasteiger partial charge in [-0.15, -0.1) is 11.7 Å². The van der Waals surface area contributed by atoms with Crippen LogP contribution in [-0.2, 0) is 11.3 Å². The van der Waals surface area contributed by atoms with E-state index in [9.17, 15) is 4.39 Å². The van der Waals surface area contributed by atoms with Crippen molar-refractivity contribution in [1.29, 1.82) is 0 Å². The fraction of sp³-hybridized carbons (Fsp3) is 0.550. The zero-order chi connectivity index (χ0) is 19.3. The number of hydrogen-bond acceptors (Lipinski definition) is 6. The van der Waals surface area contributed by atoms with Crippen LogP contribution in [0.3, 0.4) is 0 Å². The van der Waals surface area contributed by atoms with E-state index in [2.05, 4.69) is 31.9 Å². The molecule has 2 aliphatic rings. The van der Waals surface area contributed by atoms with Crippen LogP contribution in [0.25, 0.3) is 0 Å². The fourth-order valence-corrected chi connectivity index (χ4v) is 4.07. The Bertz CT molecular complexity index is 765. The van der Waals surface area contributed by atoms with E-state index in [1.165, 1.54) is 12.1 Å². The molecule has 7 nitrogen and oxygen atoms in total. The summed E-state index contributed by atoms with van der Waals surface area (Å²) in [5.41, 5.74) is 1.00. The molecular formula is C20H27FN6O. The smallest absolute Gasteiger partial charge is 0.173 e. The molecule has 2 aliphatic heterocycles. The largest absolute Gasteiger partial charge is 0.376 e. The van der Waals surface area contributed by atoms with Gasteiger partial charge in [-0.2, -0.15) is 0 Å². The number of halogens is 1. The lowest BCUT2D eigenvalue weighted by Gasteiger charge is -2.38. The van der Waals surface area contributed by atoms with Crippen molar-refractivity contribution < 1.29 is 9.13 Å². The molecule has 0 unspecified atom stereocenters. The maximum atomic E-state index is 13.5. The van der Waals surface area contributed by atoms with Crippen molar-refractivity contribution in [3.63, 3.8) is 0 Å². The van der Waals surface area contributed by atoms with Crippen LogP contribution in [0.4, 0.5) is 4.39 Å². The normalized spacial score (nSPS) is 22.4. The zero-order valence-electron chi connectivity index (χ0n) is 16.1. The summed E-state index contributed by atoms with van der Waals surface area (Å²) in [6.07, 6.45) is 4.20. The number of nitrogens with zero attached hydrogens (tertiary/aromatic N) is 6. The first-order chi connectivity index (χ1) is 13.7. The molecular weight excluding hydrogens is 359 g/mol. The minimum Gasteiger partial charge on any atom is -0.376 e. The molecule has 0 N–H and O–H groups in total. The Balaban J connectivity index is 1.60. The van der Waals surface area contributed by atoms with E-state index in [1.807, 2.05) is 22.9 Å². The third kappa shape index (κ3) is 4.29. The Morgan fingerprint density at radius 1 is 1.21 bits per heavy atom. The molecule has 0 radical (unpaired) electrons. The first-order valence-electron chi connectivity index (χ1n) is 9.95. The zero-order valence-corrected chi connectivity index (χ0v) is 16.1. The summed E-state index contributed by atoms with van der Waals surface area (Å²) < 4.78 is 21.2. The van der Waals surface area contributed by atoms with Crippen LogP contribution in [0, 0.1) is 5.82 Å². The first kappa shape index (κ1) is 19.2. The van der Waals surface area contributed by atoms with Crippen LogP contribution in [0.2, 0.25) is 0 Å². The monoisotopic (exact) mass is 386 g/mol. The number of ether oxygens (including phenoxy) is 1. The number of aromatic nitrogens is 4. The van der Waals surface area contributed by atoms with Crippen LogP contribution in [-0.4, -0.2) is 75.4 Å². The van der Waals surface area contributed by atoms with Crippen molar-refractivity contribution in [3.05, 3.63) is 54.1 Å². The molecule has 0 spiro atoms. The first-order valence-corrected chi connectivity index (χ1v) is 9.95. The van der Waals surface area contributed by atoms with Crippen LogP contribution >= 0.6 is 0 Å². The van der Waals surface area contributed by atoms with Gasteiger partial charge in [0.15, 0.2) is 5.82 Å². The average Bonchev–Trinajstić information content (AvgIpc) is 3.38. The molecule has 2 saturated heterocycles. The number of hydrogen-bond donors (Lipinski definition) is 0. The predicted molar refractivity (Wildman–Crippen MR) is 103 cm³/mol. The summed E-state index contributed by atoms with van der Waals surface area (Å²) in [5.74, 6) is 0.552. The van der Waals surface area contributed by atoms with Gasteiger partial charge < -0.3 is 4.74 Å². The Kier molecular flexibility index (Phi) is 6.09. The molecule has 2 aromatic rings. The predicted octanol–water partition coefficient (Wildman–Crippen LogP) is 1.88. The summed E-state index contributed by atoms with van der Waals surface area (Å²) in [5, 5.41) is 12.6. The molecule has 2 atom stereocenters. The van der Waals surface area contributed by atoms with E-state index < -0.39 is 0 Å². The van der Waals surface area contributed by atoms with Crippen LogP contribution in [0.1, 0.15) is 30.3 Å². The number of benzene rings is 1. The Morgan fingerprint density at radius 2 is 2.00 bits per heavy atom. The standard InChI is InChI=1S/C20H27FN6O/c1-2-9-25-10-12-26(13-11-25)19(16-5-7-17(21)8-6-16)20-22-23-24-27(20)15-18-4-3-14-28-18/h2,5-8,18-19H,1,3-4,9-15H2/t18-,19-/m0/s1. The second-order valence-corrected chi connectivity index (χ2v) is 7.43. The number of tetrazole rings is 1. The van der Waals surface area contributed by atoms with Crippen molar-refractivity contribution in [2.75, 3.05) is 39.3 Å². The molecule has 2 fully saturated rings. The lowest BCUT2D eigenvalue weighted by molar-refractivity contribution is 0.0868. The van der Waals surface area contributed by atoms with Gasteiger partial charge in [0.2, 0.25) is 0 Å². The summed E-state index contributed by atoms with van der Waals surface area (Å²) in [7, 11) is 0. The minimum atomic E-state index is -0.239. The van der Waals surface area contributed by atoms with Crippen molar-refractivity contribution in [2.45, 2.75) is 31.5 Å². The topological polar surface area (TPSA) is 59.3 Å². The molecule has 0 bridgehead atoms. The maximum absolute atomic E-state index is 13.5. The van der Waals surface area contributed by atoms with Crippen LogP contribution < -0.4 is 0 Å². The third-order valence-electron chi connectivity index (χ3n) is 5.55. The molecule has 4 rings (SSSR count). The lowest BCUT2D eigenvalue weighted by atomic mass is 10.0. The number of rotatable bonds is 7. The van der Waals surface area contributed by atoms with E-state index >= 15 is 0 Å². The van der Waals surface area contributed by atoms with E-state index in [0.717, 1.165) is 63.6 Å². The summed E-state index contributed by atoms with van der Waals surface area (Å²) in [6, 6.07) is 6.57. The quantitative estimate of drug-likeness (QED) is 0.678. The molecule has 150 valence electrons. The summed E-state index contributed by atoms with van der Waals surface area (Å²) in [6.45, 7) is 9.87. The van der Waals surface area contributed by atoms with Gasteiger partial charge in [-0.05, 0) is 41.0 Å². The second kappa shape index (κ2) is 8.89. The Morgan fingerprint density at radius 3 is 2.68 bits per heavy atom. The molecule has 0 amide bonds. The summed E-state index contributed by atoms with van der Waals surface area (Å²) >= 11 is 0. The van der Waals surface area contributed by atoms with E-state index in [-0.39, 0.29) is 18.0 Å². The second-order valence-electron chi connectivity index (χ2n) is 7.43. The molecule has 0 aliphatic carbocycles. The highest BCUT2D eigenvalue weighted by molar-refractivity contribution is 5.25. The van der Waals surface area contributed by atoms with Gasteiger partial charge >= 0.3 is 0 Å². The highest BCUT2D eigenvalue weighted by Crippen LogP contribution is 2.29. The Hall–Kier alpha value is -2.16. The van der Waals surface area contributed by atoms with E-state index in [1.54, 1.807) is 0 Å². The van der Waals surface area contributed by atoms with Crippen LogP contribution in [0.15, 0.2) is 36.9 Å². The van der Waals surface area contributed by atoms with Crippen molar-refractivity contribution in [3.8, 4) is 0 Å². The molecule has 1 aromatic carbocycles. The highest BCUT2D eigenvalue weighted by atomic mass is 19.1. The van der Waals surface area contributed by atoms with Gasteiger partial charge in [-0.1, -0.05) is 18.2 Å². The van der Waals surface area contributed by atoms with Gasteiger partial charge in [0.25, 0.3) is 0 Å². The van der Waals surface area contributed by atoms with Crippen LogP contribution in [0.5, 0.6) is 0 Å². The highest BCUT2D eigenvalue weighted by Gasteiger charge is 2.31. The molecule has 3 heterocycles. The van der Waals surface area contributed by atoms with Gasteiger partial charge in [0.1, 0.15) is 5.82 Å². The van der Waals surface area contributed by atoms with Gasteiger partial charge in [-0.25, -0.2) is 9.07 Å². The fourth-order valence-electron chi connectivity index (χ4n) is 4.07. The summed E-state index contributed by atoms with van der Waals surface area (Å²) in [4.78, 5) is 4.76. The van der Waals surface area contributed by atoms with E-state index in [4.69, 9.17) is 4.74 Å². The third-order valence-corrected chi connectivity index (χ3v) is 5.55. The van der Waals surface area contributed by atoms with Crippen molar-refractivity contribution in [2.24, 2.45) is 0 Å². The van der Waals surface area contributed by atoms with Gasteiger partial charge in [0.05, 0.1) is 18.7 Å². The minimum absolute atomic E-state index is 0.108. The van der Waals surface area contributed by atoms with Gasteiger partial charge in [-0.3, -0.25) is 9.80 Å². The molecule has 1 aromatic heterocycles. The van der Waals surface area contributed by atoms with Crippen molar-refractivity contribution >= 4 is 0 Å². The molecule has 28 heavy (non-hydrogen) atoms.